The summed E-state index contributed by atoms with van der Waals surface area (Å²) >= 11 is 0. The van der Waals surface area contributed by atoms with Gasteiger partial charge >= 0.3 is 11.9 Å². The van der Waals surface area contributed by atoms with Crippen molar-refractivity contribution < 1.29 is 33.8 Å². The molecule has 4 rings (SSSR count). The van der Waals surface area contributed by atoms with E-state index in [2.05, 4.69) is 0 Å². The molecule has 0 spiro atoms. The first-order valence-corrected chi connectivity index (χ1v) is 14.7. The number of ether oxygens (including phenoxy) is 2. The number of carbonyl (C=O) groups is 2. The highest BCUT2D eigenvalue weighted by molar-refractivity contribution is 7.67. The zero-order valence-electron chi connectivity index (χ0n) is 22.6. The highest BCUT2D eigenvalue weighted by Gasteiger charge is 2.53. The third-order valence-electron chi connectivity index (χ3n) is 7.19. The molecule has 2 N–H and O–H groups in total. The van der Waals surface area contributed by atoms with Crippen molar-refractivity contribution in [2.24, 2.45) is 0 Å². The first-order chi connectivity index (χ1) is 19.3. The van der Waals surface area contributed by atoms with E-state index in [9.17, 15) is 19.8 Å². The van der Waals surface area contributed by atoms with Crippen LogP contribution in [-0.4, -0.2) is 83.1 Å². The Bertz CT molecular complexity index is 1230. The van der Waals surface area contributed by atoms with Gasteiger partial charge in [0.25, 0.3) is 0 Å². The molecule has 0 aromatic heterocycles. The fraction of sp³-hybridized carbons (Fsp3) is 0.333. The van der Waals surface area contributed by atoms with Crippen LogP contribution in [0.5, 0.6) is 0 Å². The molecule has 212 valence electrons. The van der Waals surface area contributed by atoms with Crippen LogP contribution in [0.3, 0.4) is 0 Å². The molecule has 0 radical (unpaired) electrons. The first-order valence-electron chi connectivity index (χ1n) is 13.1. The summed E-state index contributed by atoms with van der Waals surface area (Å²) in [6.45, 7) is -0.592. The van der Waals surface area contributed by atoms with E-state index in [0.717, 1.165) is 11.1 Å². The van der Waals surface area contributed by atoms with Crippen molar-refractivity contribution in [3.8, 4) is 0 Å². The summed E-state index contributed by atoms with van der Waals surface area (Å²) in [5, 5.41) is 22.5. The van der Waals surface area contributed by atoms with E-state index in [4.69, 9.17) is 9.47 Å². The molecule has 1 saturated heterocycles. The molecule has 1 heterocycles. The van der Waals surface area contributed by atoms with Crippen molar-refractivity contribution in [3.63, 3.8) is 0 Å². The quantitative estimate of drug-likeness (QED) is 0.298. The number of aliphatic hydroxyl groups excluding tert-OH is 2. The van der Waals surface area contributed by atoms with Gasteiger partial charge in [-0.2, -0.15) is 0 Å². The van der Waals surface area contributed by atoms with E-state index < -0.39 is 43.7 Å². The topological polar surface area (TPSA) is 117 Å². The number of esters is 2. The van der Waals surface area contributed by atoms with Gasteiger partial charge < -0.3 is 19.7 Å². The molecule has 0 saturated carbocycles. The fourth-order valence-corrected chi connectivity index (χ4v) is 8.45. The molecule has 10 heteroatoms. The highest BCUT2D eigenvalue weighted by Crippen LogP contribution is 2.56. The summed E-state index contributed by atoms with van der Waals surface area (Å²) < 4.78 is 28.9. The van der Waals surface area contributed by atoms with Gasteiger partial charge in [-0.25, -0.2) is 9.34 Å². The van der Waals surface area contributed by atoms with Crippen molar-refractivity contribution in [2.45, 2.75) is 37.1 Å². The fourth-order valence-electron chi connectivity index (χ4n) is 5.11. The van der Waals surface area contributed by atoms with Gasteiger partial charge in [0.1, 0.15) is 12.1 Å². The Morgan fingerprint density at radius 1 is 0.725 bits per heavy atom. The lowest BCUT2D eigenvalue weighted by molar-refractivity contribution is -0.146. The minimum atomic E-state index is -4.08. The van der Waals surface area contributed by atoms with Crippen LogP contribution >= 0.6 is 7.44 Å². The Labute approximate surface area is 234 Å². The predicted octanol–water partition coefficient (Wildman–Crippen LogP) is 2.41. The number of methoxy groups -OCH3 is 2. The van der Waals surface area contributed by atoms with Gasteiger partial charge in [0.05, 0.1) is 26.4 Å². The predicted molar refractivity (Wildman–Crippen MR) is 151 cm³/mol. The van der Waals surface area contributed by atoms with E-state index in [-0.39, 0.29) is 25.9 Å². The molecule has 1 aliphatic rings. The van der Waals surface area contributed by atoms with E-state index >= 15 is 4.57 Å². The van der Waals surface area contributed by atoms with Gasteiger partial charge in [0.15, 0.2) is 0 Å². The molecule has 9 nitrogen and oxygen atoms in total. The monoisotopic (exact) mass is 566 g/mol. The molecule has 0 amide bonds. The Kier molecular flexibility index (Phi) is 9.90. The molecule has 1 fully saturated rings. The van der Waals surface area contributed by atoms with E-state index in [1.807, 2.05) is 60.7 Å². The number of β-amino-alcohol motifs (C(OH)–C–C–N with tert-alkyl or cyclic N) is 2. The Balaban J connectivity index is 1.93. The molecule has 3 aromatic rings. The number of rotatable bonds is 9. The van der Waals surface area contributed by atoms with E-state index in [1.165, 1.54) is 23.6 Å². The third-order valence-corrected chi connectivity index (χ3v) is 10.4. The maximum Gasteiger partial charge on any atom is 0.323 e. The van der Waals surface area contributed by atoms with Crippen molar-refractivity contribution in [3.05, 3.63) is 102 Å². The molecule has 40 heavy (non-hydrogen) atoms. The molecular formula is C30H35N2O7P. The average Bonchev–Trinajstić information content (AvgIpc) is 3.09. The van der Waals surface area contributed by atoms with Gasteiger partial charge in [0, 0.05) is 18.4 Å². The summed E-state index contributed by atoms with van der Waals surface area (Å²) in [5.41, 5.74) is 1.58. The summed E-state index contributed by atoms with van der Waals surface area (Å²) in [4.78, 5) is 26.7. The first kappa shape index (κ1) is 29.6. The number of hydrogen-bond acceptors (Lipinski definition) is 7. The molecule has 5 atom stereocenters. The van der Waals surface area contributed by atoms with Gasteiger partial charge in [-0.1, -0.05) is 78.9 Å². The maximum absolute atomic E-state index is 15.7. The van der Waals surface area contributed by atoms with Crippen LogP contribution in [-0.2, 0) is 36.5 Å². The molecule has 0 aliphatic carbocycles. The Morgan fingerprint density at radius 3 is 1.43 bits per heavy atom. The summed E-state index contributed by atoms with van der Waals surface area (Å²) in [6.07, 6.45) is -2.47. The lowest BCUT2D eigenvalue weighted by Crippen LogP contribution is -2.51. The van der Waals surface area contributed by atoms with E-state index in [1.54, 1.807) is 30.3 Å². The van der Waals surface area contributed by atoms with Crippen molar-refractivity contribution in [1.29, 1.82) is 0 Å². The summed E-state index contributed by atoms with van der Waals surface area (Å²) in [5.74, 6) is -1.30. The SMILES string of the molecule is COC(=O)[C@H](Cc1ccccc1)N1C[C@@H](O)[C@@H](O)CN([C@@H](Cc2ccccc2)C(=O)OC)P1(=O)c1ccccc1. The van der Waals surface area contributed by atoms with Crippen LogP contribution < -0.4 is 5.30 Å². The molecule has 3 aromatic carbocycles. The summed E-state index contributed by atoms with van der Waals surface area (Å²) in [7, 11) is -1.58. The van der Waals surface area contributed by atoms with Gasteiger partial charge in [0.2, 0.25) is 7.44 Å². The number of hydrogen-bond donors (Lipinski definition) is 2. The average molecular weight is 567 g/mol. The van der Waals surface area contributed by atoms with Crippen LogP contribution in [0.2, 0.25) is 0 Å². The van der Waals surface area contributed by atoms with Crippen LogP contribution in [0.1, 0.15) is 11.1 Å². The molecule has 1 aliphatic heterocycles. The number of aliphatic hydroxyl groups is 2. The standard InChI is InChI=1S/C30H35N2O7P/c1-38-29(35)25(18-22-12-6-3-7-13-22)31-20-27(33)28(34)21-32(40(31,37)24-16-10-5-11-17-24)26(30(36)39-2)19-23-14-8-4-9-15-23/h3-17,25-28,33-34H,18-21H2,1-2H3/t25-,26-,27-,28+,40?/m0/s1. The summed E-state index contributed by atoms with van der Waals surface area (Å²) in [6, 6.07) is 24.8. The molecular weight excluding hydrogens is 531 g/mol. The minimum absolute atomic E-state index is 0.128. The van der Waals surface area contributed by atoms with Gasteiger partial charge in [-0.05, 0) is 36.1 Å². The zero-order valence-corrected chi connectivity index (χ0v) is 23.5. The van der Waals surface area contributed by atoms with E-state index in [0.29, 0.717) is 5.30 Å². The second-order valence-electron chi connectivity index (χ2n) is 9.72. The largest absolute Gasteiger partial charge is 0.468 e. The Morgan fingerprint density at radius 2 is 1.07 bits per heavy atom. The van der Waals surface area contributed by atoms with Crippen LogP contribution in [0.4, 0.5) is 0 Å². The zero-order chi connectivity index (χ0) is 28.7. The number of carbonyl (C=O) groups excluding carboxylic acids is 2. The third kappa shape index (κ3) is 6.35. The van der Waals surface area contributed by atoms with Crippen LogP contribution in [0.15, 0.2) is 91.0 Å². The van der Waals surface area contributed by atoms with Crippen LogP contribution in [0.25, 0.3) is 0 Å². The lowest BCUT2D eigenvalue weighted by atomic mass is 10.0. The number of benzene rings is 3. The normalized spacial score (nSPS) is 23.5. The second kappa shape index (κ2) is 13.4. The smallest absolute Gasteiger partial charge is 0.323 e. The minimum Gasteiger partial charge on any atom is -0.468 e. The van der Waals surface area contributed by atoms with Gasteiger partial charge in [-0.15, -0.1) is 0 Å². The maximum atomic E-state index is 15.7. The lowest BCUT2D eigenvalue weighted by Gasteiger charge is -2.43. The highest BCUT2D eigenvalue weighted by atomic mass is 31.2. The number of nitrogens with zero attached hydrogens (tertiary/aromatic N) is 2. The second-order valence-corrected chi connectivity index (χ2v) is 12.3. The molecule has 1 unspecified atom stereocenters. The van der Waals surface area contributed by atoms with Crippen molar-refractivity contribution in [1.82, 2.24) is 9.34 Å². The van der Waals surface area contributed by atoms with Crippen molar-refractivity contribution in [2.75, 3.05) is 27.3 Å². The van der Waals surface area contributed by atoms with Crippen LogP contribution in [0, 0.1) is 0 Å². The molecule has 0 bridgehead atoms. The Hall–Kier alpha value is -3.33. The van der Waals surface area contributed by atoms with Gasteiger partial charge in [-0.3, -0.25) is 14.2 Å². The van der Waals surface area contributed by atoms with Crippen molar-refractivity contribution >= 4 is 24.7 Å².